The smallest absolute Gasteiger partial charge is 0.270 e. The van der Waals surface area contributed by atoms with Crippen molar-refractivity contribution in [2.45, 2.75) is 52.3 Å². The molecule has 0 bridgehead atoms. The third-order valence-corrected chi connectivity index (χ3v) is 4.67. The first-order valence-electron chi connectivity index (χ1n) is 9.59. The highest BCUT2D eigenvalue weighted by Crippen LogP contribution is 2.17. The number of anilines is 1. The van der Waals surface area contributed by atoms with E-state index in [-0.39, 0.29) is 18.1 Å². The molecule has 1 aromatic carbocycles. The van der Waals surface area contributed by atoms with Gasteiger partial charge in [-0.05, 0) is 45.2 Å². The van der Waals surface area contributed by atoms with Gasteiger partial charge in [0, 0.05) is 31.4 Å². The molecule has 144 valence electrons. The third kappa shape index (κ3) is 5.26. The maximum atomic E-state index is 12.6. The third-order valence-electron chi connectivity index (χ3n) is 4.67. The van der Waals surface area contributed by atoms with Gasteiger partial charge < -0.3 is 15.0 Å². The summed E-state index contributed by atoms with van der Waals surface area (Å²) >= 11 is 0. The van der Waals surface area contributed by atoms with Crippen LogP contribution in [0, 0.1) is 6.92 Å². The van der Waals surface area contributed by atoms with E-state index in [1.165, 1.54) is 5.56 Å². The van der Waals surface area contributed by atoms with Gasteiger partial charge in [-0.15, -0.1) is 0 Å². The van der Waals surface area contributed by atoms with Gasteiger partial charge in [0.1, 0.15) is 5.69 Å². The highest BCUT2D eigenvalue weighted by atomic mass is 16.5. The van der Waals surface area contributed by atoms with Gasteiger partial charge >= 0.3 is 0 Å². The van der Waals surface area contributed by atoms with Gasteiger partial charge in [-0.3, -0.25) is 4.79 Å². The molecular weight excluding hydrogens is 340 g/mol. The van der Waals surface area contributed by atoms with Crippen LogP contribution in [0.4, 0.5) is 5.95 Å². The predicted octanol–water partition coefficient (Wildman–Crippen LogP) is 3.11. The standard InChI is InChI=1S/C21H28N4O2/c1-15(2)25(14-17-8-5-4-6-9-17)21-23-16(3)12-19(24-21)20(26)22-13-18-10-7-11-27-18/h4-6,8-9,12,15,18H,7,10-11,13-14H2,1-3H3,(H,22,26). The van der Waals surface area contributed by atoms with Crippen LogP contribution in [0.25, 0.3) is 0 Å². The quantitative estimate of drug-likeness (QED) is 0.813. The maximum Gasteiger partial charge on any atom is 0.270 e. The largest absolute Gasteiger partial charge is 0.376 e. The Hall–Kier alpha value is -2.47. The molecule has 0 aliphatic carbocycles. The Bertz CT molecular complexity index is 758. The van der Waals surface area contributed by atoms with Crippen LogP contribution in [-0.4, -0.2) is 41.2 Å². The van der Waals surface area contributed by atoms with Crippen molar-refractivity contribution < 1.29 is 9.53 Å². The molecule has 2 heterocycles. The summed E-state index contributed by atoms with van der Waals surface area (Å²) in [5.41, 5.74) is 2.36. The number of carbonyl (C=O) groups excluding carboxylic acids is 1. The number of hydrogen-bond donors (Lipinski definition) is 1. The predicted molar refractivity (Wildman–Crippen MR) is 106 cm³/mol. The van der Waals surface area contributed by atoms with Crippen molar-refractivity contribution in [1.82, 2.24) is 15.3 Å². The molecule has 1 atom stereocenters. The topological polar surface area (TPSA) is 67.3 Å². The molecule has 1 unspecified atom stereocenters. The van der Waals surface area contributed by atoms with Gasteiger partial charge in [0.25, 0.3) is 5.91 Å². The number of hydrogen-bond acceptors (Lipinski definition) is 5. The second kappa shape index (κ2) is 8.95. The summed E-state index contributed by atoms with van der Waals surface area (Å²) in [5, 5.41) is 2.94. The highest BCUT2D eigenvalue weighted by Gasteiger charge is 2.20. The van der Waals surface area contributed by atoms with Gasteiger partial charge in [-0.2, -0.15) is 0 Å². The summed E-state index contributed by atoms with van der Waals surface area (Å²) in [7, 11) is 0. The molecule has 1 aromatic heterocycles. The van der Waals surface area contributed by atoms with Gasteiger partial charge in [0.2, 0.25) is 5.95 Å². The van der Waals surface area contributed by atoms with Crippen molar-refractivity contribution in [2.24, 2.45) is 0 Å². The van der Waals surface area contributed by atoms with Crippen molar-refractivity contribution in [3.05, 3.63) is 53.3 Å². The Labute approximate surface area is 161 Å². The van der Waals surface area contributed by atoms with Crippen LogP contribution in [0.2, 0.25) is 0 Å². The highest BCUT2D eigenvalue weighted by molar-refractivity contribution is 5.92. The van der Waals surface area contributed by atoms with E-state index in [4.69, 9.17) is 4.74 Å². The molecule has 1 amide bonds. The molecule has 6 heteroatoms. The first kappa shape index (κ1) is 19.3. The first-order chi connectivity index (χ1) is 13.0. The second-order valence-corrected chi connectivity index (χ2v) is 7.25. The summed E-state index contributed by atoms with van der Waals surface area (Å²) < 4.78 is 5.57. The molecule has 0 saturated carbocycles. The van der Waals surface area contributed by atoms with Crippen LogP contribution in [0.1, 0.15) is 48.4 Å². The van der Waals surface area contributed by atoms with Crippen LogP contribution in [0.3, 0.4) is 0 Å². The summed E-state index contributed by atoms with van der Waals surface area (Å²) in [6, 6.07) is 12.2. The van der Waals surface area contributed by atoms with E-state index in [9.17, 15) is 4.79 Å². The Kier molecular flexibility index (Phi) is 6.40. The molecule has 1 fully saturated rings. The Morgan fingerprint density at radius 2 is 2.07 bits per heavy atom. The Morgan fingerprint density at radius 1 is 1.30 bits per heavy atom. The lowest BCUT2D eigenvalue weighted by atomic mass is 10.2. The Balaban J connectivity index is 1.76. The number of amides is 1. The zero-order valence-electron chi connectivity index (χ0n) is 16.3. The molecule has 27 heavy (non-hydrogen) atoms. The van der Waals surface area contributed by atoms with Crippen molar-refractivity contribution in [1.29, 1.82) is 0 Å². The van der Waals surface area contributed by atoms with Crippen LogP contribution in [0.5, 0.6) is 0 Å². The molecule has 0 spiro atoms. The second-order valence-electron chi connectivity index (χ2n) is 7.25. The molecule has 2 aromatic rings. The SMILES string of the molecule is Cc1cc(C(=O)NCC2CCCO2)nc(N(Cc2ccccc2)C(C)C)n1. The zero-order chi connectivity index (χ0) is 19.2. The normalized spacial score (nSPS) is 16.5. The minimum absolute atomic E-state index is 0.113. The van der Waals surface area contributed by atoms with Crippen molar-refractivity contribution >= 4 is 11.9 Å². The number of rotatable bonds is 7. The van der Waals surface area contributed by atoms with Crippen molar-refractivity contribution in [3.63, 3.8) is 0 Å². The monoisotopic (exact) mass is 368 g/mol. The molecule has 1 aliphatic heterocycles. The van der Waals surface area contributed by atoms with E-state index in [2.05, 4.69) is 46.2 Å². The number of aryl methyl sites for hydroxylation is 1. The number of ether oxygens (including phenoxy) is 1. The van der Waals surface area contributed by atoms with Crippen LogP contribution < -0.4 is 10.2 Å². The summed E-state index contributed by atoms with van der Waals surface area (Å²) in [6.07, 6.45) is 2.16. The number of benzene rings is 1. The van der Waals surface area contributed by atoms with Gasteiger partial charge in [0.05, 0.1) is 6.10 Å². The summed E-state index contributed by atoms with van der Waals surface area (Å²) in [6.45, 7) is 8.09. The minimum Gasteiger partial charge on any atom is -0.376 e. The molecule has 6 nitrogen and oxygen atoms in total. The number of carbonyl (C=O) groups is 1. The lowest BCUT2D eigenvalue weighted by Crippen LogP contribution is -2.34. The average Bonchev–Trinajstić information content (AvgIpc) is 3.18. The van der Waals surface area contributed by atoms with Crippen LogP contribution in [0.15, 0.2) is 36.4 Å². The fraction of sp³-hybridized carbons (Fsp3) is 0.476. The summed E-state index contributed by atoms with van der Waals surface area (Å²) in [5.74, 6) is 0.400. The Morgan fingerprint density at radius 3 is 2.74 bits per heavy atom. The molecule has 1 N–H and O–H groups in total. The minimum atomic E-state index is -0.180. The molecule has 1 saturated heterocycles. The van der Waals surface area contributed by atoms with E-state index < -0.39 is 0 Å². The van der Waals surface area contributed by atoms with Crippen LogP contribution in [-0.2, 0) is 11.3 Å². The number of nitrogens with zero attached hydrogens (tertiary/aromatic N) is 3. The fourth-order valence-electron chi connectivity index (χ4n) is 3.16. The lowest BCUT2D eigenvalue weighted by Gasteiger charge is -2.27. The molecule has 1 aliphatic rings. The van der Waals surface area contributed by atoms with Crippen LogP contribution >= 0.6 is 0 Å². The van der Waals surface area contributed by atoms with Gasteiger partial charge in [-0.25, -0.2) is 9.97 Å². The fourth-order valence-corrected chi connectivity index (χ4v) is 3.16. The van der Waals surface area contributed by atoms with E-state index in [1.54, 1.807) is 6.07 Å². The number of aromatic nitrogens is 2. The van der Waals surface area contributed by atoms with E-state index in [0.29, 0.717) is 24.7 Å². The van der Waals surface area contributed by atoms with E-state index in [1.807, 2.05) is 25.1 Å². The lowest BCUT2D eigenvalue weighted by molar-refractivity contribution is 0.0853. The van der Waals surface area contributed by atoms with E-state index >= 15 is 0 Å². The molecular formula is C21H28N4O2. The summed E-state index contributed by atoms with van der Waals surface area (Å²) in [4.78, 5) is 23.8. The van der Waals surface area contributed by atoms with Crippen molar-refractivity contribution in [3.8, 4) is 0 Å². The maximum absolute atomic E-state index is 12.6. The van der Waals surface area contributed by atoms with Crippen molar-refractivity contribution in [2.75, 3.05) is 18.1 Å². The molecule has 3 rings (SSSR count). The van der Waals surface area contributed by atoms with Gasteiger partial charge in [0.15, 0.2) is 0 Å². The number of nitrogens with one attached hydrogen (secondary N) is 1. The van der Waals surface area contributed by atoms with Gasteiger partial charge in [-0.1, -0.05) is 30.3 Å². The molecule has 0 radical (unpaired) electrons. The zero-order valence-corrected chi connectivity index (χ0v) is 16.3. The first-order valence-corrected chi connectivity index (χ1v) is 9.59. The van der Waals surface area contributed by atoms with E-state index in [0.717, 1.165) is 25.1 Å². The average molecular weight is 368 g/mol.